The van der Waals surface area contributed by atoms with Crippen LogP contribution >= 0.6 is 0 Å². The lowest BCUT2D eigenvalue weighted by Crippen LogP contribution is -2.38. The standard InChI is InChI=1S/C33H36F3N3O6/c1-22-8-3-4-14-28(22)38-32(42)39(20-24-10-7-15-37-19-24)16-17-43-26-12-6-13-27(18-26)44-21-25-11-5-9-23(2)29(25)30(40)45-31(41)33(34,35)36/h3-5,7-11,14-15,19,26-27H,6,12-13,16-18,20-21H2,1-2H3,(H,38,42). The molecule has 1 aliphatic rings. The summed E-state index contributed by atoms with van der Waals surface area (Å²) in [6, 6.07) is 15.7. The van der Waals surface area contributed by atoms with Gasteiger partial charge in [0.1, 0.15) is 0 Å². The van der Waals surface area contributed by atoms with E-state index in [1.807, 2.05) is 43.3 Å². The minimum Gasteiger partial charge on any atom is -0.383 e. The molecule has 9 nitrogen and oxygen atoms in total. The van der Waals surface area contributed by atoms with Gasteiger partial charge >= 0.3 is 24.1 Å². The number of esters is 2. The lowest BCUT2D eigenvalue weighted by molar-refractivity contribution is -0.193. The third-order valence-corrected chi connectivity index (χ3v) is 7.52. The van der Waals surface area contributed by atoms with Crippen LogP contribution in [0.5, 0.6) is 0 Å². The molecule has 1 heterocycles. The summed E-state index contributed by atoms with van der Waals surface area (Å²) in [6.45, 7) is 4.39. The van der Waals surface area contributed by atoms with Gasteiger partial charge in [0, 0.05) is 31.2 Å². The quantitative estimate of drug-likeness (QED) is 0.191. The molecule has 1 aliphatic carbocycles. The Morgan fingerprint density at radius 1 is 0.956 bits per heavy atom. The number of aromatic nitrogens is 1. The maximum absolute atomic E-state index is 13.2. The molecule has 1 aromatic heterocycles. The predicted octanol–water partition coefficient (Wildman–Crippen LogP) is 6.52. The summed E-state index contributed by atoms with van der Waals surface area (Å²) in [4.78, 5) is 42.7. The summed E-state index contributed by atoms with van der Waals surface area (Å²) in [7, 11) is 0. The van der Waals surface area contributed by atoms with Crippen molar-refractivity contribution in [1.29, 1.82) is 0 Å². The Hall–Kier alpha value is -4.29. The molecule has 2 amide bonds. The van der Waals surface area contributed by atoms with Crippen LogP contribution in [0.3, 0.4) is 0 Å². The maximum Gasteiger partial charge on any atom is 0.491 e. The Morgan fingerprint density at radius 2 is 1.69 bits per heavy atom. The summed E-state index contributed by atoms with van der Waals surface area (Å²) in [5.41, 5.74) is 3.11. The van der Waals surface area contributed by atoms with E-state index in [0.717, 1.165) is 36.1 Å². The first-order valence-corrected chi connectivity index (χ1v) is 14.7. The molecule has 2 unspecified atom stereocenters. The number of ether oxygens (including phenoxy) is 3. The highest BCUT2D eigenvalue weighted by Crippen LogP contribution is 2.26. The largest absolute Gasteiger partial charge is 0.491 e. The zero-order valence-electron chi connectivity index (χ0n) is 25.1. The number of carbonyl (C=O) groups is 3. The first-order chi connectivity index (χ1) is 21.5. The zero-order valence-corrected chi connectivity index (χ0v) is 25.1. The molecule has 12 heteroatoms. The van der Waals surface area contributed by atoms with Gasteiger partial charge in [0.2, 0.25) is 0 Å². The van der Waals surface area contributed by atoms with E-state index in [2.05, 4.69) is 15.0 Å². The van der Waals surface area contributed by atoms with E-state index in [1.54, 1.807) is 42.4 Å². The average Bonchev–Trinajstić information content (AvgIpc) is 3.01. The Bertz CT molecular complexity index is 1470. The summed E-state index contributed by atoms with van der Waals surface area (Å²) in [5, 5.41) is 2.98. The van der Waals surface area contributed by atoms with E-state index in [9.17, 15) is 27.6 Å². The number of alkyl halides is 3. The number of benzene rings is 2. The fourth-order valence-electron chi connectivity index (χ4n) is 5.15. The third-order valence-electron chi connectivity index (χ3n) is 7.52. The molecule has 240 valence electrons. The molecule has 45 heavy (non-hydrogen) atoms. The molecular formula is C33H36F3N3O6. The monoisotopic (exact) mass is 627 g/mol. The van der Waals surface area contributed by atoms with Gasteiger partial charge in [0.15, 0.2) is 0 Å². The van der Waals surface area contributed by atoms with E-state index >= 15 is 0 Å². The topological polar surface area (TPSA) is 107 Å². The fraction of sp³-hybridized carbons (Fsp3) is 0.394. The highest BCUT2D eigenvalue weighted by Gasteiger charge is 2.43. The Morgan fingerprint density at radius 3 is 2.40 bits per heavy atom. The number of amides is 2. The molecule has 2 aromatic carbocycles. The van der Waals surface area contributed by atoms with Crippen LogP contribution in [0.2, 0.25) is 0 Å². The van der Waals surface area contributed by atoms with Crippen molar-refractivity contribution >= 4 is 23.7 Å². The summed E-state index contributed by atoms with van der Waals surface area (Å²) in [6.07, 6.45) is 0.686. The Labute approximate surface area is 259 Å². The van der Waals surface area contributed by atoms with Crippen molar-refractivity contribution < 1.29 is 41.8 Å². The van der Waals surface area contributed by atoms with Crippen LogP contribution in [-0.4, -0.2) is 59.4 Å². The van der Waals surface area contributed by atoms with Crippen molar-refractivity contribution in [2.75, 3.05) is 18.5 Å². The summed E-state index contributed by atoms with van der Waals surface area (Å²) in [5.74, 6) is -3.94. The first kappa shape index (κ1) is 33.6. The number of nitrogens with one attached hydrogen (secondary N) is 1. The first-order valence-electron chi connectivity index (χ1n) is 14.7. The number of anilines is 1. The lowest BCUT2D eigenvalue weighted by atomic mass is 9.94. The minimum atomic E-state index is -5.29. The highest BCUT2D eigenvalue weighted by molar-refractivity contribution is 6.00. The van der Waals surface area contributed by atoms with Gasteiger partial charge in [-0.25, -0.2) is 14.4 Å². The average molecular weight is 628 g/mol. The van der Waals surface area contributed by atoms with Gasteiger partial charge in [0.05, 0.1) is 31.0 Å². The molecule has 1 saturated carbocycles. The molecule has 0 spiro atoms. The van der Waals surface area contributed by atoms with Crippen LogP contribution in [0.25, 0.3) is 0 Å². The van der Waals surface area contributed by atoms with Crippen molar-refractivity contribution in [3.05, 3.63) is 94.8 Å². The predicted molar refractivity (Wildman–Crippen MR) is 159 cm³/mol. The molecule has 4 rings (SSSR count). The van der Waals surface area contributed by atoms with Gasteiger partial charge in [-0.1, -0.05) is 42.5 Å². The number of nitrogens with zero attached hydrogens (tertiary/aromatic N) is 2. The molecule has 3 aromatic rings. The molecule has 0 radical (unpaired) electrons. The van der Waals surface area contributed by atoms with Crippen molar-refractivity contribution in [2.45, 2.75) is 71.1 Å². The van der Waals surface area contributed by atoms with Crippen LogP contribution in [0.15, 0.2) is 67.0 Å². The summed E-state index contributed by atoms with van der Waals surface area (Å²) < 4.78 is 54.2. The second-order valence-corrected chi connectivity index (χ2v) is 10.9. The van der Waals surface area contributed by atoms with E-state index in [4.69, 9.17) is 9.47 Å². The number of aryl methyl sites for hydroxylation is 2. The molecular weight excluding hydrogens is 591 g/mol. The molecule has 0 saturated heterocycles. The maximum atomic E-state index is 13.2. The number of hydrogen-bond donors (Lipinski definition) is 1. The highest BCUT2D eigenvalue weighted by atomic mass is 19.4. The van der Waals surface area contributed by atoms with E-state index < -0.39 is 18.1 Å². The van der Waals surface area contributed by atoms with Gasteiger partial charge in [-0.05, 0) is 73.9 Å². The van der Waals surface area contributed by atoms with Gasteiger partial charge in [-0.15, -0.1) is 0 Å². The van der Waals surface area contributed by atoms with Crippen molar-refractivity contribution in [2.24, 2.45) is 0 Å². The van der Waals surface area contributed by atoms with E-state index in [1.165, 1.54) is 0 Å². The fourth-order valence-corrected chi connectivity index (χ4v) is 5.15. The zero-order chi connectivity index (χ0) is 32.4. The van der Waals surface area contributed by atoms with Gasteiger partial charge < -0.3 is 24.4 Å². The van der Waals surface area contributed by atoms with Crippen LogP contribution in [0, 0.1) is 13.8 Å². The van der Waals surface area contributed by atoms with Crippen molar-refractivity contribution in [3.8, 4) is 0 Å². The number of carbonyl (C=O) groups excluding carboxylic acids is 3. The van der Waals surface area contributed by atoms with Gasteiger partial charge in [-0.3, -0.25) is 4.98 Å². The number of urea groups is 1. The normalized spacial score (nSPS) is 16.6. The molecule has 1 N–H and O–H groups in total. The number of para-hydroxylation sites is 1. The van der Waals surface area contributed by atoms with Crippen molar-refractivity contribution in [3.63, 3.8) is 0 Å². The number of halogens is 3. The molecule has 2 atom stereocenters. The van der Waals surface area contributed by atoms with Crippen LogP contribution in [0.4, 0.5) is 23.7 Å². The van der Waals surface area contributed by atoms with E-state index in [0.29, 0.717) is 37.2 Å². The van der Waals surface area contributed by atoms with E-state index in [-0.39, 0.29) is 30.4 Å². The SMILES string of the molecule is Cc1ccccc1NC(=O)N(CCOC1CCCC(OCc2cccc(C)c2C(=O)OC(=O)C(F)(F)F)C1)Cc1cccnc1. The molecule has 1 fully saturated rings. The third kappa shape index (κ3) is 9.85. The van der Waals surface area contributed by atoms with Gasteiger partial charge in [-0.2, -0.15) is 13.2 Å². The van der Waals surface area contributed by atoms with Gasteiger partial charge in [0.25, 0.3) is 0 Å². The number of rotatable bonds is 11. The van der Waals surface area contributed by atoms with Crippen LogP contribution < -0.4 is 5.32 Å². The van der Waals surface area contributed by atoms with Crippen LogP contribution in [-0.2, 0) is 32.2 Å². The Balaban J connectivity index is 1.32. The summed E-state index contributed by atoms with van der Waals surface area (Å²) >= 11 is 0. The second-order valence-electron chi connectivity index (χ2n) is 10.9. The lowest BCUT2D eigenvalue weighted by Gasteiger charge is -2.30. The molecule has 0 bridgehead atoms. The number of hydrogen-bond acceptors (Lipinski definition) is 7. The molecule has 0 aliphatic heterocycles. The number of pyridine rings is 1. The minimum absolute atomic E-state index is 0.0539. The smallest absolute Gasteiger partial charge is 0.383 e. The second kappa shape index (κ2) is 15.6. The van der Waals surface area contributed by atoms with Crippen molar-refractivity contribution in [1.82, 2.24) is 9.88 Å². The Kier molecular flexibility index (Phi) is 11.7. The van der Waals surface area contributed by atoms with Crippen LogP contribution in [0.1, 0.15) is 58.3 Å².